The van der Waals surface area contributed by atoms with Gasteiger partial charge < -0.3 is 14.7 Å². The number of halogens is 3. The number of alkyl halides is 3. The fourth-order valence-corrected chi connectivity index (χ4v) is 4.65. The van der Waals surface area contributed by atoms with Crippen molar-refractivity contribution in [1.29, 1.82) is 0 Å². The lowest BCUT2D eigenvalue weighted by Gasteiger charge is -2.58. The zero-order valence-corrected chi connectivity index (χ0v) is 13.0. The second kappa shape index (κ2) is 5.24. The van der Waals surface area contributed by atoms with Gasteiger partial charge in [0.05, 0.1) is 4.90 Å². The minimum absolute atomic E-state index is 0.142. The van der Waals surface area contributed by atoms with Gasteiger partial charge in [0, 0.05) is 37.7 Å². The molecule has 1 amide bonds. The third kappa shape index (κ3) is 3.00. The second-order valence-electron chi connectivity index (χ2n) is 5.93. The molecular weight excluding hydrogens is 353 g/mol. The predicted molar refractivity (Wildman–Crippen MR) is 73.9 cm³/mol. The van der Waals surface area contributed by atoms with Gasteiger partial charge in [-0.2, -0.15) is 4.31 Å². The quantitative estimate of drug-likeness (QED) is 0.878. The highest BCUT2D eigenvalue weighted by atomic mass is 32.2. The lowest BCUT2D eigenvalue weighted by molar-refractivity contribution is -0.274. The summed E-state index contributed by atoms with van der Waals surface area (Å²) in [6.45, 7) is 0.796. The number of sulfonamides is 1. The van der Waals surface area contributed by atoms with Crippen molar-refractivity contribution in [2.75, 3.05) is 26.2 Å². The minimum Gasteiger partial charge on any atom is -0.465 e. The number of nitrogens with zero attached hydrogens (tertiary/aromatic N) is 2. The predicted octanol–water partition coefficient (Wildman–Crippen LogP) is 1.57. The standard InChI is InChI=1S/C13H13F3N2O5S/c14-13(15,16)23-9-2-1-3-10(4-9)24(21,22)18-7-12(8-18)5-17(6-12)11(19)20/h1-4H,5-8H2,(H,19,20). The molecule has 2 heterocycles. The van der Waals surface area contributed by atoms with Gasteiger partial charge in [-0.05, 0) is 12.1 Å². The third-order valence-electron chi connectivity index (χ3n) is 4.02. The molecule has 24 heavy (non-hydrogen) atoms. The van der Waals surface area contributed by atoms with Crippen molar-refractivity contribution in [1.82, 2.24) is 9.21 Å². The Labute approximate surface area is 135 Å². The average Bonchev–Trinajstić information content (AvgIpc) is 2.32. The van der Waals surface area contributed by atoms with E-state index >= 15 is 0 Å². The Balaban J connectivity index is 1.69. The van der Waals surface area contributed by atoms with E-state index in [1.165, 1.54) is 17.0 Å². The molecule has 2 fully saturated rings. The average molecular weight is 366 g/mol. The van der Waals surface area contributed by atoms with Gasteiger partial charge in [0.25, 0.3) is 0 Å². The van der Waals surface area contributed by atoms with E-state index in [0.717, 1.165) is 16.4 Å². The van der Waals surface area contributed by atoms with Gasteiger partial charge >= 0.3 is 12.5 Å². The molecule has 0 radical (unpaired) electrons. The summed E-state index contributed by atoms with van der Waals surface area (Å²) in [6, 6.07) is 4.19. The van der Waals surface area contributed by atoms with Crippen molar-refractivity contribution in [2.24, 2.45) is 5.41 Å². The lowest BCUT2D eigenvalue weighted by Crippen LogP contribution is -2.73. The Morgan fingerprint density at radius 3 is 2.38 bits per heavy atom. The topological polar surface area (TPSA) is 87.2 Å². The number of hydrogen-bond donors (Lipinski definition) is 1. The molecule has 1 aromatic rings. The van der Waals surface area contributed by atoms with E-state index < -0.39 is 28.2 Å². The summed E-state index contributed by atoms with van der Waals surface area (Å²) in [6.07, 6.45) is -5.96. The molecule has 0 aliphatic carbocycles. The Morgan fingerprint density at radius 1 is 1.21 bits per heavy atom. The van der Waals surface area contributed by atoms with Gasteiger partial charge in [0.2, 0.25) is 10.0 Å². The van der Waals surface area contributed by atoms with Crippen LogP contribution in [0.2, 0.25) is 0 Å². The van der Waals surface area contributed by atoms with Crippen LogP contribution in [-0.2, 0) is 10.0 Å². The number of hydrogen-bond acceptors (Lipinski definition) is 4. The normalized spacial score (nSPS) is 20.4. The first-order chi connectivity index (χ1) is 11.0. The summed E-state index contributed by atoms with van der Waals surface area (Å²) in [4.78, 5) is 11.6. The molecule has 11 heteroatoms. The van der Waals surface area contributed by atoms with Gasteiger partial charge in [-0.1, -0.05) is 6.07 Å². The summed E-state index contributed by atoms with van der Waals surface area (Å²) < 4.78 is 66.4. The highest BCUT2D eigenvalue weighted by Crippen LogP contribution is 2.42. The number of carboxylic acid groups (broad SMARTS) is 1. The smallest absolute Gasteiger partial charge is 0.465 e. The molecule has 132 valence electrons. The van der Waals surface area contributed by atoms with Crippen molar-refractivity contribution in [2.45, 2.75) is 11.3 Å². The Kier molecular flexibility index (Phi) is 3.68. The summed E-state index contributed by atoms with van der Waals surface area (Å²) in [5.41, 5.74) is -0.383. The summed E-state index contributed by atoms with van der Waals surface area (Å²) in [7, 11) is -3.95. The molecule has 0 bridgehead atoms. The van der Waals surface area contributed by atoms with E-state index in [1.807, 2.05) is 0 Å². The highest BCUT2D eigenvalue weighted by Gasteiger charge is 2.56. The molecule has 1 N–H and O–H groups in total. The van der Waals surface area contributed by atoms with E-state index in [2.05, 4.69) is 4.74 Å². The number of amides is 1. The molecule has 3 rings (SSSR count). The molecule has 0 atom stereocenters. The van der Waals surface area contributed by atoms with Crippen molar-refractivity contribution in [3.63, 3.8) is 0 Å². The fraction of sp³-hybridized carbons (Fsp3) is 0.462. The van der Waals surface area contributed by atoms with Gasteiger partial charge in [-0.3, -0.25) is 0 Å². The first kappa shape index (κ1) is 16.8. The van der Waals surface area contributed by atoms with Crippen molar-refractivity contribution in [3.05, 3.63) is 24.3 Å². The number of carbonyl (C=O) groups is 1. The van der Waals surface area contributed by atoms with Gasteiger partial charge in [-0.15, -0.1) is 13.2 Å². The number of benzene rings is 1. The third-order valence-corrected chi connectivity index (χ3v) is 5.81. The molecule has 7 nitrogen and oxygen atoms in total. The largest absolute Gasteiger partial charge is 0.573 e. The van der Waals surface area contributed by atoms with Gasteiger partial charge in [-0.25, -0.2) is 13.2 Å². The van der Waals surface area contributed by atoms with E-state index in [1.54, 1.807) is 0 Å². The fourth-order valence-electron chi connectivity index (χ4n) is 2.95. The number of ether oxygens (including phenoxy) is 1. The maximum atomic E-state index is 12.4. The van der Waals surface area contributed by atoms with E-state index in [9.17, 15) is 26.4 Å². The van der Waals surface area contributed by atoms with Crippen LogP contribution in [0.1, 0.15) is 0 Å². The molecule has 0 unspecified atom stereocenters. The van der Waals surface area contributed by atoms with Crippen LogP contribution in [-0.4, -0.2) is 61.4 Å². The first-order valence-electron chi connectivity index (χ1n) is 6.85. The van der Waals surface area contributed by atoms with Crippen molar-refractivity contribution < 1.29 is 36.2 Å². The molecule has 0 aromatic heterocycles. The van der Waals surface area contributed by atoms with E-state index in [4.69, 9.17) is 5.11 Å². The Morgan fingerprint density at radius 2 is 1.83 bits per heavy atom. The Bertz CT molecular complexity index is 766. The van der Waals surface area contributed by atoms with Crippen LogP contribution < -0.4 is 4.74 Å². The minimum atomic E-state index is -4.91. The molecule has 2 aliphatic heterocycles. The van der Waals surface area contributed by atoms with Crippen molar-refractivity contribution >= 4 is 16.1 Å². The van der Waals surface area contributed by atoms with Gasteiger partial charge in [0.15, 0.2) is 0 Å². The van der Waals surface area contributed by atoms with Crippen LogP contribution in [0.15, 0.2) is 29.2 Å². The highest BCUT2D eigenvalue weighted by molar-refractivity contribution is 7.89. The van der Waals surface area contributed by atoms with E-state index in [0.29, 0.717) is 0 Å². The number of rotatable bonds is 3. The number of likely N-dealkylation sites (tertiary alicyclic amines) is 1. The molecule has 0 saturated carbocycles. The monoisotopic (exact) mass is 366 g/mol. The van der Waals surface area contributed by atoms with Crippen LogP contribution in [0.25, 0.3) is 0 Å². The van der Waals surface area contributed by atoms with Crippen LogP contribution >= 0.6 is 0 Å². The van der Waals surface area contributed by atoms with Crippen LogP contribution in [0.5, 0.6) is 5.75 Å². The molecule has 1 spiro atoms. The summed E-state index contributed by atoms with van der Waals surface area (Å²) in [5.74, 6) is -0.612. The van der Waals surface area contributed by atoms with Gasteiger partial charge in [0.1, 0.15) is 5.75 Å². The maximum absolute atomic E-state index is 12.4. The molecular formula is C13H13F3N2O5S. The molecule has 1 aromatic carbocycles. The zero-order valence-electron chi connectivity index (χ0n) is 12.2. The lowest BCUT2D eigenvalue weighted by atomic mass is 9.75. The van der Waals surface area contributed by atoms with E-state index in [-0.39, 0.29) is 36.5 Å². The zero-order chi connectivity index (χ0) is 17.8. The van der Waals surface area contributed by atoms with Crippen LogP contribution in [0, 0.1) is 5.41 Å². The van der Waals surface area contributed by atoms with Crippen LogP contribution in [0.4, 0.5) is 18.0 Å². The van der Waals surface area contributed by atoms with Crippen LogP contribution in [0.3, 0.4) is 0 Å². The SMILES string of the molecule is O=C(O)N1CC2(C1)CN(S(=O)(=O)c1cccc(OC(F)(F)F)c1)C2. The molecule has 2 saturated heterocycles. The summed E-state index contributed by atoms with van der Waals surface area (Å²) in [5, 5.41) is 8.80. The summed E-state index contributed by atoms with van der Waals surface area (Å²) >= 11 is 0. The maximum Gasteiger partial charge on any atom is 0.573 e. The first-order valence-corrected chi connectivity index (χ1v) is 8.29. The Hall–Kier alpha value is -2.01. The second-order valence-corrected chi connectivity index (χ2v) is 7.87. The van der Waals surface area contributed by atoms with Crippen molar-refractivity contribution in [3.8, 4) is 5.75 Å². The molecule has 2 aliphatic rings.